The second-order valence-corrected chi connectivity index (χ2v) is 9.64. The van der Waals surface area contributed by atoms with Crippen molar-refractivity contribution in [2.45, 2.75) is 37.1 Å². The first kappa shape index (κ1) is 20.6. The summed E-state index contributed by atoms with van der Waals surface area (Å²) in [6.07, 6.45) is 3.29. The molecule has 2 aliphatic rings. The predicted octanol–water partition coefficient (Wildman–Crippen LogP) is 2.85. The van der Waals surface area contributed by atoms with Crippen LogP contribution >= 0.6 is 0 Å². The van der Waals surface area contributed by atoms with Crippen molar-refractivity contribution in [3.63, 3.8) is 0 Å². The minimum absolute atomic E-state index is 0.173. The van der Waals surface area contributed by atoms with Gasteiger partial charge in [-0.25, -0.2) is 8.42 Å². The number of benzene rings is 2. The Bertz CT molecular complexity index is 1030. The van der Waals surface area contributed by atoms with E-state index in [2.05, 4.69) is 5.32 Å². The number of hydrogen-bond acceptors (Lipinski definition) is 4. The van der Waals surface area contributed by atoms with Crippen molar-refractivity contribution in [1.82, 2.24) is 9.21 Å². The molecule has 0 aliphatic carbocycles. The molecule has 0 unspecified atom stereocenters. The molecule has 2 aromatic carbocycles. The van der Waals surface area contributed by atoms with Crippen molar-refractivity contribution >= 4 is 27.5 Å². The first-order chi connectivity index (χ1) is 14.4. The summed E-state index contributed by atoms with van der Waals surface area (Å²) in [6, 6.07) is 13.4. The van der Waals surface area contributed by atoms with Gasteiger partial charge in [-0.1, -0.05) is 12.1 Å². The van der Waals surface area contributed by atoms with E-state index in [-0.39, 0.29) is 16.7 Å². The van der Waals surface area contributed by atoms with Gasteiger partial charge in [-0.3, -0.25) is 9.59 Å². The number of likely N-dealkylation sites (tertiary alicyclic amines) is 1. The lowest BCUT2D eigenvalue weighted by Gasteiger charge is -2.16. The highest BCUT2D eigenvalue weighted by atomic mass is 32.2. The molecular weight excluding hydrogens is 402 g/mol. The van der Waals surface area contributed by atoms with Crippen LogP contribution in [0.15, 0.2) is 53.4 Å². The zero-order chi connectivity index (χ0) is 21.1. The number of carbonyl (C=O) groups is 2. The maximum Gasteiger partial charge on any atom is 0.255 e. The molecule has 2 aromatic rings. The highest BCUT2D eigenvalue weighted by molar-refractivity contribution is 7.89. The molecule has 30 heavy (non-hydrogen) atoms. The first-order valence-corrected chi connectivity index (χ1v) is 11.7. The summed E-state index contributed by atoms with van der Waals surface area (Å²) in [7, 11) is -3.46. The van der Waals surface area contributed by atoms with Gasteiger partial charge < -0.3 is 10.2 Å². The molecular formula is C22H25N3O4S. The first-order valence-electron chi connectivity index (χ1n) is 10.2. The van der Waals surface area contributed by atoms with Crippen LogP contribution in [0.25, 0.3) is 0 Å². The van der Waals surface area contributed by atoms with Crippen LogP contribution in [0, 0.1) is 0 Å². The van der Waals surface area contributed by atoms with E-state index in [0.29, 0.717) is 37.3 Å². The summed E-state index contributed by atoms with van der Waals surface area (Å²) >= 11 is 0. The minimum atomic E-state index is -3.46. The number of sulfonamides is 1. The SMILES string of the molecule is O=C(Nc1ccc(S(=O)(=O)N2CCCC2)cc1)c1ccc(CN2CCCC2=O)cc1. The van der Waals surface area contributed by atoms with Crippen LogP contribution in [0.5, 0.6) is 0 Å². The van der Waals surface area contributed by atoms with E-state index in [4.69, 9.17) is 0 Å². The lowest BCUT2D eigenvalue weighted by Crippen LogP contribution is -2.27. The van der Waals surface area contributed by atoms with Gasteiger partial charge in [-0.05, 0) is 61.2 Å². The molecule has 2 fully saturated rings. The van der Waals surface area contributed by atoms with Gasteiger partial charge in [0, 0.05) is 43.9 Å². The number of rotatable bonds is 6. The van der Waals surface area contributed by atoms with Crippen LogP contribution in [0.2, 0.25) is 0 Å². The number of anilines is 1. The summed E-state index contributed by atoms with van der Waals surface area (Å²) in [4.78, 5) is 26.3. The third kappa shape index (κ3) is 4.39. The van der Waals surface area contributed by atoms with Gasteiger partial charge in [0.25, 0.3) is 5.91 Å². The molecule has 4 rings (SSSR count). The van der Waals surface area contributed by atoms with Gasteiger partial charge in [0.1, 0.15) is 0 Å². The van der Waals surface area contributed by atoms with Crippen LogP contribution in [-0.4, -0.2) is 49.1 Å². The van der Waals surface area contributed by atoms with Crippen molar-refractivity contribution in [3.05, 3.63) is 59.7 Å². The van der Waals surface area contributed by atoms with Crippen molar-refractivity contribution in [3.8, 4) is 0 Å². The zero-order valence-electron chi connectivity index (χ0n) is 16.7. The van der Waals surface area contributed by atoms with E-state index in [9.17, 15) is 18.0 Å². The fraction of sp³-hybridized carbons (Fsp3) is 0.364. The molecule has 2 heterocycles. The lowest BCUT2D eigenvalue weighted by molar-refractivity contribution is -0.128. The Labute approximate surface area is 176 Å². The van der Waals surface area contributed by atoms with Crippen LogP contribution in [0.3, 0.4) is 0 Å². The summed E-state index contributed by atoms with van der Waals surface area (Å²) in [5, 5.41) is 2.79. The molecule has 0 saturated carbocycles. The van der Waals surface area contributed by atoms with Crippen molar-refractivity contribution in [2.75, 3.05) is 25.0 Å². The summed E-state index contributed by atoms with van der Waals surface area (Å²) in [5.41, 5.74) is 2.02. The highest BCUT2D eigenvalue weighted by Gasteiger charge is 2.27. The fourth-order valence-electron chi connectivity index (χ4n) is 3.84. The molecule has 1 N–H and O–H groups in total. The standard InChI is InChI=1S/C22H25N3O4S/c26-21-4-3-13-24(21)16-17-5-7-18(8-6-17)22(27)23-19-9-11-20(12-10-19)30(28,29)25-14-1-2-15-25/h5-12H,1-4,13-16H2,(H,23,27). The largest absolute Gasteiger partial charge is 0.338 e. The van der Waals surface area contributed by atoms with E-state index in [1.165, 1.54) is 16.4 Å². The molecule has 0 bridgehead atoms. The Hall–Kier alpha value is -2.71. The number of nitrogens with one attached hydrogen (secondary N) is 1. The van der Waals surface area contributed by atoms with Crippen molar-refractivity contribution < 1.29 is 18.0 Å². The molecule has 0 radical (unpaired) electrons. The summed E-state index contributed by atoms with van der Waals surface area (Å²) in [5.74, 6) is -0.0963. The van der Waals surface area contributed by atoms with Gasteiger partial charge in [0.05, 0.1) is 4.90 Å². The number of nitrogens with zero attached hydrogens (tertiary/aromatic N) is 2. The van der Waals surface area contributed by atoms with Crippen LogP contribution in [0.4, 0.5) is 5.69 Å². The zero-order valence-corrected chi connectivity index (χ0v) is 17.5. The monoisotopic (exact) mass is 427 g/mol. The average molecular weight is 428 g/mol. The van der Waals surface area contributed by atoms with E-state index in [0.717, 1.165) is 31.4 Å². The normalized spacial score (nSPS) is 17.5. The quantitative estimate of drug-likeness (QED) is 0.768. The van der Waals surface area contributed by atoms with Gasteiger partial charge in [-0.2, -0.15) is 4.31 Å². The van der Waals surface area contributed by atoms with Crippen molar-refractivity contribution in [1.29, 1.82) is 0 Å². The van der Waals surface area contributed by atoms with Gasteiger partial charge in [0.2, 0.25) is 15.9 Å². The van der Waals surface area contributed by atoms with Gasteiger partial charge >= 0.3 is 0 Å². The topological polar surface area (TPSA) is 86.8 Å². The Morgan fingerprint density at radius 1 is 0.900 bits per heavy atom. The van der Waals surface area contributed by atoms with E-state index in [1.807, 2.05) is 17.0 Å². The Morgan fingerprint density at radius 2 is 1.57 bits per heavy atom. The van der Waals surface area contributed by atoms with Crippen molar-refractivity contribution in [2.24, 2.45) is 0 Å². The average Bonchev–Trinajstić information content (AvgIpc) is 3.42. The maximum atomic E-state index is 12.6. The molecule has 8 heteroatoms. The maximum absolute atomic E-state index is 12.6. The van der Waals surface area contributed by atoms with Gasteiger partial charge in [-0.15, -0.1) is 0 Å². The summed E-state index contributed by atoms with van der Waals surface area (Å²) in [6.45, 7) is 2.46. The minimum Gasteiger partial charge on any atom is -0.338 e. The van der Waals surface area contributed by atoms with E-state index >= 15 is 0 Å². The third-order valence-electron chi connectivity index (χ3n) is 5.58. The summed E-state index contributed by atoms with van der Waals surface area (Å²) < 4.78 is 26.7. The smallest absolute Gasteiger partial charge is 0.255 e. The van der Waals surface area contributed by atoms with Gasteiger partial charge in [0.15, 0.2) is 0 Å². The highest BCUT2D eigenvalue weighted by Crippen LogP contribution is 2.22. The van der Waals surface area contributed by atoms with Crippen LogP contribution in [0.1, 0.15) is 41.6 Å². The fourth-order valence-corrected chi connectivity index (χ4v) is 5.36. The Kier molecular flexibility index (Phi) is 5.87. The third-order valence-corrected chi connectivity index (χ3v) is 7.49. The number of hydrogen-bond donors (Lipinski definition) is 1. The second-order valence-electron chi connectivity index (χ2n) is 7.71. The number of carbonyl (C=O) groups excluding carboxylic acids is 2. The number of amides is 2. The van der Waals surface area contributed by atoms with Crippen LogP contribution < -0.4 is 5.32 Å². The molecule has 0 spiro atoms. The Morgan fingerprint density at radius 3 is 2.17 bits per heavy atom. The lowest BCUT2D eigenvalue weighted by atomic mass is 10.1. The Balaban J connectivity index is 1.38. The van der Waals surface area contributed by atoms with E-state index < -0.39 is 10.0 Å². The molecule has 0 atom stereocenters. The molecule has 2 saturated heterocycles. The molecule has 7 nitrogen and oxygen atoms in total. The van der Waals surface area contributed by atoms with E-state index in [1.54, 1.807) is 24.3 Å². The molecule has 2 amide bonds. The molecule has 158 valence electrons. The predicted molar refractivity (Wildman–Crippen MR) is 113 cm³/mol. The van der Waals surface area contributed by atoms with Crippen LogP contribution in [-0.2, 0) is 21.4 Å². The molecule has 2 aliphatic heterocycles. The molecule has 0 aromatic heterocycles. The second kappa shape index (κ2) is 8.57.